The topological polar surface area (TPSA) is 69.2 Å². The quantitative estimate of drug-likeness (QED) is 0.457. The molecule has 28 heavy (non-hydrogen) atoms. The summed E-state index contributed by atoms with van der Waals surface area (Å²) in [5, 5.41) is 4.16. The summed E-state index contributed by atoms with van der Waals surface area (Å²) in [6, 6.07) is 11.6. The number of ether oxygens (including phenoxy) is 2. The Labute approximate surface area is 174 Å². The summed E-state index contributed by atoms with van der Waals surface area (Å²) < 4.78 is 15.7. The van der Waals surface area contributed by atoms with Crippen LogP contribution in [0.4, 0.5) is 11.5 Å². The lowest BCUT2D eigenvalue weighted by Crippen LogP contribution is -2.15. The van der Waals surface area contributed by atoms with Crippen molar-refractivity contribution in [2.45, 2.75) is 0 Å². The molecule has 2 aromatic carbocycles. The predicted molar refractivity (Wildman–Crippen MR) is 111 cm³/mol. The molecule has 4 aromatic rings. The Kier molecular flexibility index (Phi) is 4.43. The van der Waals surface area contributed by atoms with Gasteiger partial charge in [-0.25, -0.2) is 9.97 Å². The van der Waals surface area contributed by atoms with E-state index in [9.17, 15) is 0 Å². The normalized spacial score (nSPS) is 12.9. The lowest BCUT2D eigenvalue weighted by Gasteiger charge is -2.19. The van der Waals surface area contributed by atoms with Gasteiger partial charge in [-0.05, 0) is 35.3 Å². The molecule has 3 heterocycles. The Hall–Kier alpha value is -2.61. The van der Waals surface area contributed by atoms with E-state index in [-0.39, 0.29) is 0 Å². The summed E-state index contributed by atoms with van der Waals surface area (Å²) in [4.78, 5) is 9.20. The van der Waals surface area contributed by atoms with Crippen LogP contribution < -0.4 is 14.8 Å². The number of rotatable bonds is 3. The van der Waals surface area contributed by atoms with Crippen LogP contribution in [-0.2, 0) is 0 Å². The molecule has 0 unspecified atom stereocenters. The maximum atomic E-state index is 6.70. The van der Waals surface area contributed by atoms with Gasteiger partial charge < -0.3 is 14.8 Å². The molecule has 1 aliphatic heterocycles. The van der Waals surface area contributed by atoms with Crippen LogP contribution in [-0.4, -0.2) is 27.6 Å². The summed E-state index contributed by atoms with van der Waals surface area (Å²) in [7, 11) is 0. The van der Waals surface area contributed by atoms with E-state index in [0.29, 0.717) is 39.6 Å². The highest BCUT2D eigenvalue weighted by Gasteiger charge is 2.16. The van der Waals surface area contributed by atoms with Gasteiger partial charge in [-0.1, -0.05) is 41.4 Å². The average Bonchev–Trinajstić information content (AvgIpc) is 3.11. The second kappa shape index (κ2) is 7.09. The van der Waals surface area contributed by atoms with E-state index in [1.165, 1.54) is 17.7 Å². The molecule has 0 saturated carbocycles. The average molecular weight is 431 g/mol. The largest absolute Gasteiger partial charge is 0.486 e. The summed E-state index contributed by atoms with van der Waals surface area (Å²) >= 11 is 13.8. The van der Waals surface area contributed by atoms with Crippen molar-refractivity contribution in [3.63, 3.8) is 0 Å². The first kappa shape index (κ1) is 17.5. The highest BCUT2D eigenvalue weighted by atomic mass is 35.5. The van der Waals surface area contributed by atoms with Gasteiger partial charge in [0, 0.05) is 5.56 Å². The molecule has 0 aliphatic carbocycles. The second-order valence-electron chi connectivity index (χ2n) is 6.03. The third-order valence-corrected chi connectivity index (χ3v) is 5.58. The zero-order valence-corrected chi connectivity index (χ0v) is 16.6. The fourth-order valence-corrected chi connectivity index (χ4v) is 4.13. The van der Waals surface area contributed by atoms with Gasteiger partial charge in [0.1, 0.15) is 23.9 Å². The van der Waals surface area contributed by atoms with Gasteiger partial charge in [0.15, 0.2) is 22.1 Å². The Balaban J connectivity index is 1.52. The van der Waals surface area contributed by atoms with Crippen molar-refractivity contribution in [3.8, 4) is 22.6 Å². The molecule has 5 rings (SSSR count). The number of hydrogen-bond acceptors (Lipinski definition) is 7. The zero-order chi connectivity index (χ0) is 19.1. The number of nitrogens with zero attached hydrogens (tertiary/aromatic N) is 3. The summed E-state index contributed by atoms with van der Waals surface area (Å²) in [6.45, 7) is 1.09. The number of aromatic nitrogens is 3. The molecule has 0 saturated heterocycles. The van der Waals surface area contributed by atoms with Crippen LogP contribution in [0.1, 0.15) is 0 Å². The van der Waals surface area contributed by atoms with Gasteiger partial charge >= 0.3 is 0 Å². The maximum Gasteiger partial charge on any atom is 0.172 e. The molecule has 0 spiro atoms. The first-order chi connectivity index (χ1) is 13.7. The smallest absolute Gasteiger partial charge is 0.172 e. The van der Waals surface area contributed by atoms with Crippen LogP contribution in [0.2, 0.25) is 10.2 Å². The SMILES string of the molecule is Clc1cnc2c(Nc3cccc(-c4ccc5c(c4)OCCO5)c3Cl)nsc2n1. The first-order valence-corrected chi connectivity index (χ1v) is 9.95. The molecule has 9 heteroatoms. The first-order valence-electron chi connectivity index (χ1n) is 8.42. The van der Waals surface area contributed by atoms with Crippen LogP contribution in [0.5, 0.6) is 11.5 Å². The molecule has 140 valence electrons. The summed E-state index contributed by atoms with van der Waals surface area (Å²) in [5.74, 6) is 2.05. The Morgan fingerprint density at radius 2 is 1.89 bits per heavy atom. The minimum atomic E-state index is 0.335. The van der Waals surface area contributed by atoms with Crippen molar-refractivity contribution in [3.05, 3.63) is 52.8 Å². The molecule has 1 aliphatic rings. The molecule has 0 amide bonds. The number of hydrogen-bond donors (Lipinski definition) is 1. The molecular formula is C19H12Cl2N4O2S. The van der Waals surface area contributed by atoms with Crippen molar-refractivity contribution in [2.75, 3.05) is 18.5 Å². The monoisotopic (exact) mass is 430 g/mol. The van der Waals surface area contributed by atoms with E-state index in [4.69, 9.17) is 32.7 Å². The molecule has 1 N–H and O–H groups in total. The zero-order valence-electron chi connectivity index (χ0n) is 14.3. The molecule has 2 aromatic heterocycles. The van der Waals surface area contributed by atoms with Crippen LogP contribution in [0.15, 0.2) is 42.6 Å². The Morgan fingerprint density at radius 1 is 1.04 bits per heavy atom. The minimum absolute atomic E-state index is 0.335. The van der Waals surface area contributed by atoms with Crippen molar-refractivity contribution in [1.29, 1.82) is 0 Å². The standard InChI is InChI=1S/C19H12Cl2N4O2S/c20-15-9-22-17-18(25-28-19(17)24-15)23-12-3-1-2-11(16(12)21)10-4-5-13-14(8-10)27-7-6-26-13/h1-5,8-9H,6-7H2,(H,23,25). The van der Waals surface area contributed by atoms with Gasteiger partial charge in [0.05, 0.1) is 16.9 Å². The number of benzene rings is 2. The second-order valence-corrected chi connectivity index (χ2v) is 7.55. The fraction of sp³-hybridized carbons (Fsp3) is 0.105. The highest BCUT2D eigenvalue weighted by Crippen LogP contribution is 2.40. The fourth-order valence-electron chi connectivity index (χ4n) is 2.98. The predicted octanol–water partition coefficient (Wildman–Crippen LogP) is 5.57. The molecule has 0 bridgehead atoms. The lowest BCUT2D eigenvalue weighted by molar-refractivity contribution is 0.171. The van der Waals surface area contributed by atoms with Crippen molar-refractivity contribution in [1.82, 2.24) is 14.3 Å². The number of fused-ring (bicyclic) bond motifs is 2. The van der Waals surface area contributed by atoms with E-state index < -0.39 is 0 Å². The Morgan fingerprint density at radius 3 is 2.79 bits per heavy atom. The number of anilines is 2. The molecule has 0 fully saturated rings. The summed E-state index contributed by atoms with van der Waals surface area (Å²) in [5.41, 5.74) is 3.18. The van der Waals surface area contributed by atoms with Crippen molar-refractivity contribution >= 4 is 56.6 Å². The van der Waals surface area contributed by atoms with E-state index in [2.05, 4.69) is 19.7 Å². The van der Waals surface area contributed by atoms with Crippen LogP contribution in [0.25, 0.3) is 21.5 Å². The number of halogens is 2. The van der Waals surface area contributed by atoms with Gasteiger partial charge in [-0.3, -0.25) is 0 Å². The minimum Gasteiger partial charge on any atom is -0.486 e. The van der Waals surface area contributed by atoms with E-state index in [0.717, 1.165) is 28.3 Å². The van der Waals surface area contributed by atoms with E-state index in [1.54, 1.807) is 0 Å². The third-order valence-electron chi connectivity index (χ3n) is 4.26. The highest BCUT2D eigenvalue weighted by molar-refractivity contribution is 7.13. The van der Waals surface area contributed by atoms with Crippen molar-refractivity contribution < 1.29 is 9.47 Å². The van der Waals surface area contributed by atoms with E-state index in [1.807, 2.05) is 36.4 Å². The van der Waals surface area contributed by atoms with Crippen LogP contribution in [0, 0.1) is 0 Å². The maximum absolute atomic E-state index is 6.70. The van der Waals surface area contributed by atoms with Gasteiger partial charge in [0.2, 0.25) is 0 Å². The van der Waals surface area contributed by atoms with Gasteiger partial charge in [-0.2, -0.15) is 4.37 Å². The lowest BCUT2D eigenvalue weighted by atomic mass is 10.0. The molecular weight excluding hydrogens is 419 g/mol. The van der Waals surface area contributed by atoms with Crippen LogP contribution in [0.3, 0.4) is 0 Å². The van der Waals surface area contributed by atoms with Crippen LogP contribution >= 0.6 is 34.7 Å². The van der Waals surface area contributed by atoms with E-state index >= 15 is 0 Å². The van der Waals surface area contributed by atoms with Gasteiger partial charge in [0.25, 0.3) is 0 Å². The van der Waals surface area contributed by atoms with Crippen molar-refractivity contribution in [2.24, 2.45) is 0 Å². The third kappa shape index (κ3) is 3.11. The number of nitrogens with one attached hydrogen (secondary N) is 1. The molecule has 6 nitrogen and oxygen atoms in total. The molecule has 0 atom stereocenters. The Bertz CT molecular complexity index is 1200. The summed E-state index contributed by atoms with van der Waals surface area (Å²) in [6.07, 6.45) is 1.50. The molecule has 0 radical (unpaired) electrons. The van der Waals surface area contributed by atoms with Gasteiger partial charge in [-0.15, -0.1) is 0 Å².